The van der Waals surface area contributed by atoms with E-state index in [2.05, 4.69) is 0 Å². The molecule has 33 heavy (non-hydrogen) atoms. The third kappa shape index (κ3) is 5.66. The molecule has 0 aliphatic heterocycles. The maximum Gasteiger partial charge on any atom is 0.335 e. The third-order valence-electron chi connectivity index (χ3n) is 5.62. The van der Waals surface area contributed by atoms with Crippen LogP contribution < -0.4 is 9.47 Å². The summed E-state index contributed by atoms with van der Waals surface area (Å²) in [6, 6.07) is 9.27. The van der Waals surface area contributed by atoms with Gasteiger partial charge in [0.05, 0.1) is 39.6 Å². The normalized spacial score (nSPS) is 24.9. The van der Waals surface area contributed by atoms with Crippen LogP contribution in [0.2, 0.25) is 0 Å². The summed E-state index contributed by atoms with van der Waals surface area (Å²) in [7, 11) is 2.83. The van der Waals surface area contributed by atoms with E-state index < -0.39 is 36.3 Å². The van der Waals surface area contributed by atoms with E-state index in [4.69, 9.17) is 18.9 Å². The zero-order valence-corrected chi connectivity index (χ0v) is 18.3. The van der Waals surface area contributed by atoms with Gasteiger partial charge in [-0.2, -0.15) is 0 Å². The second-order valence-corrected chi connectivity index (χ2v) is 7.95. The molecule has 2 aromatic carbocycles. The first-order valence-corrected chi connectivity index (χ1v) is 10.3. The molecule has 4 atom stereocenters. The van der Waals surface area contributed by atoms with Crippen LogP contribution in [0.3, 0.4) is 0 Å². The van der Waals surface area contributed by atoms with Gasteiger partial charge in [0.15, 0.2) is 28.6 Å². The SMILES string of the molecule is COc1cc(CO[C@H]2[C@H](O)C[C@](O)(C(=O)O)C[C@H]2OCc2ccc(O)c(OC)c2)ccc1O. The highest BCUT2D eigenvalue weighted by molar-refractivity contribution is 5.77. The van der Waals surface area contributed by atoms with Crippen molar-refractivity contribution in [3.05, 3.63) is 47.5 Å². The predicted octanol–water partition coefficient (Wildman–Crippen LogP) is 1.56. The van der Waals surface area contributed by atoms with Crippen LogP contribution in [-0.4, -0.2) is 69.6 Å². The van der Waals surface area contributed by atoms with Crippen molar-refractivity contribution in [2.75, 3.05) is 14.2 Å². The van der Waals surface area contributed by atoms with Crippen LogP contribution in [0.1, 0.15) is 24.0 Å². The quantitative estimate of drug-likeness (QED) is 0.369. The molecule has 5 N–H and O–H groups in total. The highest BCUT2D eigenvalue weighted by atomic mass is 16.6. The van der Waals surface area contributed by atoms with Gasteiger partial charge in [-0.3, -0.25) is 0 Å². The van der Waals surface area contributed by atoms with E-state index in [1.54, 1.807) is 24.3 Å². The largest absolute Gasteiger partial charge is 0.504 e. The monoisotopic (exact) mass is 464 g/mol. The molecule has 1 aliphatic rings. The Hall–Kier alpha value is -3.05. The Morgan fingerprint density at radius 2 is 1.45 bits per heavy atom. The number of benzene rings is 2. The molecule has 0 unspecified atom stereocenters. The van der Waals surface area contributed by atoms with E-state index in [-0.39, 0.29) is 42.6 Å². The lowest BCUT2D eigenvalue weighted by atomic mass is 9.79. The third-order valence-corrected chi connectivity index (χ3v) is 5.62. The summed E-state index contributed by atoms with van der Waals surface area (Å²) in [5.41, 5.74) is -0.887. The maximum absolute atomic E-state index is 11.6. The molecule has 180 valence electrons. The Morgan fingerprint density at radius 1 is 0.939 bits per heavy atom. The van der Waals surface area contributed by atoms with Gasteiger partial charge in [0, 0.05) is 12.8 Å². The second kappa shape index (κ2) is 10.3. The fourth-order valence-corrected chi connectivity index (χ4v) is 3.81. The van der Waals surface area contributed by atoms with Crippen molar-refractivity contribution >= 4 is 5.97 Å². The Balaban J connectivity index is 1.76. The second-order valence-electron chi connectivity index (χ2n) is 7.95. The van der Waals surface area contributed by atoms with E-state index in [1.165, 1.54) is 26.4 Å². The van der Waals surface area contributed by atoms with E-state index in [1.807, 2.05) is 0 Å². The molecule has 10 nitrogen and oxygen atoms in total. The molecule has 0 spiro atoms. The lowest BCUT2D eigenvalue weighted by molar-refractivity contribution is -0.207. The summed E-state index contributed by atoms with van der Waals surface area (Å²) in [5, 5.41) is 50.1. The lowest BCUT2D eigenvalue weighted by Gasteiger charge is -2.41. The average Bonchev–Trinajstić information content (AvgIpc) is 2.78. The fourth-order valence-electron chi connectivity index (χ4n) is 3.81. The molecule has 10 heteroatoms. The standard InChI is InChI=1S/C23H28O10/c1-30-18-7-13(3-5-15(18)24)11-32-20-10-23(29,22(27)28)9-17(26)21(20)33-12-14-4-6-16(25)19(8-14)31-2/h3-8,17,20-21,24-26,29H,9-12H2,1-2H3,(H,27,28)/t17-,20-,21+,23-/m1/s1. The van der Waals surface area contributed by atoms with Crippen LogP contribution in [0.4, 0.5) is 0 Å². The summed E-state index contributed by atoms with van der Waals surface area (Å²) < 4.78 is 21.9. The van der Waals surface area contributed by atoms with Gasteiger partial charge < -0.3 is 44.5 Å². The minimum Gasteiger partial charge on any atom is -0.504 e. The van der Waals surface area contributed by atoms with Gasteiger partial charge in [0.1, 0.15) is 6.10 Å². The van der Waals surface area contributed by atoms with Gasteiger partial charge in [-0.25, -0.2) is 4.79 Å². The summed E-state index contributed by atoms with van der Waals surface area (Å²) >= 11 is 0. The van der Waals surface area contributed by atoms with Gasteiger partial charge in [-0.05, 0) is 35.4 Å². The Kier molecular flexibility index (Phi) is 7.65. The number of ether oxygens (including phenoxy) is 4. The Morgan fingerprint density at radius 3 is 1.94 bits per heavy atom. The van der Waals surface area contributed by atoms with Crippen molar-refractivity contribution in [1.82, 2.24) is 0 Å². The minimum atomic E-state index is -2.17. The van der Waals surface area contributed by atoms with E-state index in [0.29, 0.717) is 11.1 Å². The van der Waals surface area contributed by atoms with Crippen LogP contribution in [-0.2, 0) is 27.5 Å². The number of carboxylic acid groups (broad SMARTS) is 1. The van der Waals surface area contributed by atoms with Gasteiger partial charge in [0.2, 0.25) is 0 Å². The number of phenols is 2. The predicted molar refractivity (Wildman–Crippen MR) is 114 cm³/mol. The van der Waals surface area contributed by atoms with E-state index >= 15 is 0 Å². The molecule has 3 rings (SSSR count). The van der Waals surface area contributed by atoms with Crippen LogP contribution in [0.5, 0.6) is 23.0 Å². The molecule has 0 radical (unpaired) electrons. The van der Waals surface area contributed by atoms with Crippen molar-refractivity contribution < 1.29 is 49.3 Å². The smallest absolute Gasteiger partial charge is 0.335 e. The highest BCUT2D eigenvalue weighted by Crippen LogP contribution is 2.35. The molecule has 1 aliphatic carbocycles. The van der Waals surface area contributed by atoms with Gasteiger partial charge >= 0.3 is 5.97 Å². The number of carbonyl (C=O) groups is 1. The molecule has 0 aromatic heterocycles. The van der Waals surface area contributed by atoms with Crippen molar-refractivity contribution in [1.29, 1.82) is 0 Å². The number of aliphatic hydroxyl groups is 2. The molecule has 2 aromatic rings. The molecule has 0 amide bonds. The number of aliphatic carboxylic acids is 1. The van der Waals surface area contributed by atoms with Crippen molar-refractivity contribution in [3.63, 3.8) is 0 Å². The number of phenolic OH excluding ortho intramolecular Hbond substituents is 2. The van der Waals surface area contributed by atoms with E-state index in [9.17, 15) is 30.3 Å². The molecule has 0 saturated heterocycles. The molecule has 1 fully saturated rings. The zero-order chi connectivity index (χ0) is 24.2. The van der Waals surface area contributed by atoms with Crippen molar-refractivity contribution in [2.24, 2.45) is 0 Å². The van der Waals surface area contributed by atoms with Crippen molar-refractivity contribution in [3.8, 4) is 23.0 Å². The van der Waals surface area contributed by atoms with Crippen molar-refractivity contribution in [2.45, 2.75) is 50.0 Å². The Labute approximate surface area is 190 Å². The Bertz CT molecular complexity index is 978. The highest BCUT2D eigenvalue weighted by Gasteiger charge is 2.50. The zero-order valence-electron chi connectivity index (χ0n) is 18.3. The number of hydrogen-bond acceptors (Lipinski definition) is 9. The summed E-state index contributed by atoms with van der Waals surface area (Å²) in [6.45, 7) is 0.0212. The molecule has 0 bridgehead atoms. The minimum absolute atomic E-state index is 0.00336. The fraction of sp³-hybridized carbons (Fsp3) is 0.435. The number of methoxy groups -OCH3 is 2. The topological polar surface area (TPSA) is 155 Å². The molecular formula is C23H28O10. The average molecular weight is 464 g/mol. The first kappa shape index (κ1) is 24.6. The number of rotatable bonds is 9. The van der Waals surface area contributed by atoms with Gasteiger partial charge in [0.25, 0.3) is 0 Å². The summed E-state index contributed by atoms with van der Waals surface area (Å²) in [4.78, 5) is 11.6. The van der Waals surface area contributed by atoms with E-state index in [0.717, 1.165) is 0 Å². The molecule has 1 saturated carbocycles. The summed E-state index contributed by atoms with van der Waals surface area (Å²) in [5.74, 6) is -1.02. The number of aromatic hydroxyl groups is 2. The van der Waals surface area contributed by atoms with Crippen LogP contribution in [0.25, 0.3) is 0 Å². The van der Waals surface area contributed by atoms with Gasteiger partial charge in [-0.15, -0.1) is 0 Å². The van der Waals surface area contributed by atoms with Crippen LogP contribution in [0, 0.1) is 0 Å². The molecule has 0 heterocycles. The first-order chi connectivity index (χ1) is 15.7. The number of hydrogen-bond donors (Lipinski definition) is 5. The number of aliphatic hydroxyl groups excluding tert-OH is 1. The first-order valence-electron chi connectivity index (χ1n) is 10.3. The van der Waals surface area contributed by atoms with Crippen LogP contribution >= 0.6 is 0 Å². The summed E-state index contributed by atoms with van der Waals surface area (Å²) in [6.07, 6.45) is -3.90. The number of carboxylic acids is 1. The molecular weight excluding hydrogens is 436 g/mol. The maximum atomic E-state index is 11.6. The van der Waals surface area contributed by atoms with Crippen LogP contribution in [0.15, 0.2) is 36.4 Å². The van der Waals surface area contributed by atoms with Gasteiger partial charge in [-0.1, -0.05) is 12.1 Å². The lowest BCUT2D eigenvalue weighted by Crippen LogP contribution is -2.57.